The van der Waals surface area contributed by atoms with Gasteiger partial charge in [0, 0.05) is 11.1 Å². The standard InChI is InChI=1S/C20H14BF/c21-20-15-9-3-1-7-13(15)19(14-8-2-4-10-16(14)20)17-11-5-6-12-18(17)22/h1-12H,21H2. The van der Waals surface area contributed by atoms with Crippen molar-refractivity contribution < 1.29 is 4.39 Å². The van der Waals surface area contributed by atoms with Crippen molar-refractivity contribution in [3.8, 4) is 11.1 Å². The predicted octanol–water partition coefficient (Wildman–Crippen LogP) is 4.06. The molecule has 4 aromatic rings. The molecule has 0 bridgehead atoms. The number of hydrogen-bond donors (Lipinski definition) is 0. The summed E-state index contributed by atoms with van der Waals surface area (Å²) < 4.78 is 14.4. The summed E-state index contributed by atoms with van der Waals surface area (Å²) in [5.41, 5.74) is 2.89. The summed E-state index contributed by atoms with van der Waals surface area (Å²) >= 11 is 0. The van der Waals surface area contributed by atoms with Gasteiger partial charge in [-0.2, -0.15) is 0 Å². The van der Waals surface area contributed by atoms with Crippen LogP contribution in [0.3, 0.4) is 0 Å². The molecular formula is C20H14BF. The molecule has 104 valence electrons. The summed E-state index contributed by atoms with van der Waals surface area (Å²) in [4.78, 5) is 0. The smallest absolute Gasteiger partial charge is 0.140 e. The van der Waals surface area contributed by atoms with Crippen molar-refractivity contribution >= 4 is 34.9 Å². The molecular weight excluding hydrogens is 270 g/mol. The van der Waals surface area contributed by atoms with E-state index in [4.69, 9.17) is 0 Å². The van der Waals surface area contributed by atoms with E-state index in [9.17, 15) is 4.39 Å². The van der Waals surface area contributed by atoms with E-state index < -0.39 is 0 Å². The summed E-state index contributed by atoms with van der Waals surface area (Å²) in [5.74, 6) is -0.179. The van der Waals surface area contributed by atoms with Crippen molar-refractivity contribution in [1.82, 2.24) is 0 Å². The highest BCUT2D eigenvalue weighted by Crippen LogP contribution is 2.36. The van der Waals surface area contributed by atoms with Crippen LogP contribution in [-0.2, 0) is 0 Å². The molecule has 0 N–H and O–H groups in total. The maximum absolute atomic E-state index is 14.4. The van der Waals surface area contributed by atoms with E-state index >= 15 is 0 Å². The maximum atomic E-state index is 14.4. The van der Waals surface area contributed by atoms with Crippen LogP contribution < -0.4 is 5.46 Å². The van der Waals surface area contributed by atoms with Crippen LogP contribution in [0.15, 0.2) is 72.8 Å². The summed E-state index contributed by atoms with van der Waals surface area (Å²) in [6.45, 7) is 0. The van der Waals surface area contributed by atoms with Gasteiger partial charge in [0.1, 0.15) is 13.7 Å². The third kappa shape index (κ3) is 1.84. The van der Waals surface area contributed by atoms with Crippen LogP contribution in [0.5, 0.6) is 0 Å². The topological polar surface area (TPSA) is 0 Å². The van der Waals surface area contributed by atoms with Crippen LogP contribution in [0.2, 0.25) is 0 Å². The fourth-order valence-corrected chi connectivity index (χ4v) is 3.30. The van der Waals surface area contributed by atoms with Gasteiger partial charge in [-0.25, -0.2) is 4.39 Å². The van der Waals surface area contributed by atoms with E-state index in [0.29, 0.717) is 5.56 Å². The van der Waals surface area contributed by atoms with Crippen molar-refractivity contribution in [2.45, 2.75) is 0 Å². The van der Waals surface area contributed by atoms with Crippen molar-refractivity contribution in [2.24, 2.45) is 0 Å². The molecule has 0 radical (unpaired) electrons. The molecule has 0 aliphatic carbocycles. The Bertz CT molecular complexity index is 948. The zero-order valence-corrected chi connectivity index (χ0v) is 12.3. The Labute approximate surface area is 129 Å². The van der Waals surface area contributed by atoms with Gasteiger partial charge in [-0.3, -0.25) is 0 Å². The average molecular weight is 284 g/mol. The van der Waals surface area contributed by atoms with Crippen molar-refractivity contribution in [2.75, 3.05) is 0 Å². The molecule has 0 heterocycles. The third-order valence-electron chi connectivity index (χ3n) is 4.34. The van der Waals surface area contributed by atoms with E-state index in [2.05, 4.69) is 32.1 Å². The summed E-state index contributed by atoms with van der Waals surface area (Å²) in [7, 11) is 2.13. The lowest BCUT2D eigenvalue weighted by Gasteiger charge is -2.15. The number of rotatable bonds is 1. The van der Waals surface area contributed by atoms with Crippen molar-refractivity contribution in [3.63, 3.8) is 0 Å². The highest BCUT2D eigenvalue weighted by Gasteiger charge is 2.14. The van der Waals surface area contributed by atoms with Gasteiger partial charge in [0.2, 0.25) is 0 Å². The number of benzene rings is 4. The first-order valence-electron chi connectivity index (χ1n) is 7.42. The molecule has 0 spiro atoms. The Balaban J connectivity index is 2.29. The van der Waals surface area contributed by atoms with Crippen LogP contribution >= 0.6 is 0 Å². The molecule has 0 aliphatic rings. The molecule has 0 saturated heterocycles. The highest BCUT2D eigenvalue weighted by atomic mass is 19.1. The first-order valence-corrected chi connectivity index (χ1v) is 7.42. The Morgan fingerprint density at radius 3 is 1.59 bits per heavy atom. The van der Waals surface area contributed by atoms with Crippen LogP contribution in [-0.4, -0.2) is 7.85 Å². The average Bonchev–Trinajstić information content (AvgIpc) is 2.57. The summed E-state index contributed by atoms with van der Waals surface area (Å²) in [6.07, 6.45) is 0. The van der Waals surface area contributed by atoms with Gasteiger partial charge in [-0.1, -0.05) is 72.2 Å². The molecule has 2 heteroatoms. The van der Waals surface area contributed by atoms with Crippen LogP contribution in [0.25, 0.3) is 32.7 Å². The number of hydrogen-bond acceptors (Lipinski definition) is 0. The molecule has 0 fully saturated rings. The maximum Gasteiger partial charge on any atom is 0.140 e. The quantitative estimate of drug-likeness (QED) is 0.365. The molecule has 0 unspecified atom stereocenters. The molecule has 0 aliphatic heterocycles. The third-order valence-corrected chi connectivity index (χ3v) is 4.34. The van der Waals surface area contributed by atoms with Gasteiger partial charge >= 0.3 is 0 Å². The molecule has 0 nitrogen and oxygen atoms in total. The Kier molecular flexibility index (Phi) is 2.97. The SMILES string of the molecule is Bc1c2ccccc2c(-c2ccccc2F)c2ccccc12. The summed E-state index contributed by atoms with van der Waals surface area (Å²) in [6, 6.07) is 23.5. The lowest BCUT2D eigenvalue weighted by Crippen LogP contribution is -2.07. The van der Waals surface area contributed by atoms with E-state index in [1.54, 1.807) is 6.07 Å². The van der Waals surface area contributed by atoms with Gasteiger partial charge in [0.05, 0.1) is 0 Å². The van der Waals surface area contributed by atoms with Crippen molar-refractivity contribution in [3.05, 3.63) is 78.6 Å². The molecule has 0 atom stereocenters. The van der Waals surface area contributed by atoms with E-state index in [0.717, 1.165) is 16.3 Å². The lowest BCUT2D eigenvalue weighted by molar-refractivity contribution is 0.631. The molecule has 0 amide bonds. The van der Waals surface area contributed by atoms with Gasteiger partial charge in [-0.05, 0) is 27.6 Å². The van der Waals surface area contributed by atoms with Crippen LogP contribution in [0, 0.1) is 5.82 Å². The molecule has 4 rings (SSSR count). The van der Waals surface area contributed by atoms with E-state index in [1.165, 1.54) is 22.3 Å². The molecule has 0 aromatic heterocycles. The van der Waals surface area contributed by atoms with Gasteiger partial charge < -0.3 is 0 Å². The molecule has 4 aromatic carbocycles. The Morgan fingerprint density at radius 1 is 0.591 bits per heavy atom. The van der Waals surface area contributed by atoms with E-state index in [1.807, 2.05) is 36.4 Å². The predicted molar refractivity (Wildman–Crippen MR) is 95.0 cm³/mol. The zero-order chi connectivity index (χ0) is 15.1. The molecule has 0 saturated carbocycles. The molecule has 22 heavy (non-hydrogen) atoms. The van der Waals surface area contributed by atoms with Gasteiger partial charge in [0.25, 0.3) is 0 Å². The van der Waals surface area contributed by atoms with Gasteiger partial charge in [-0.15, -0.1) is 0 Å². The first kappa shape index (κ1) is 13.1. The van der Waals surface area contributed by atoms with Gasteiger partial charge in [0.15, 0.2) is 0 Å². The number of halogens is 1. The second-order valence-electron chi connectivity index (χ2n) is 5.57. The normalized spacial score (nSPS) is 11.1. The first-order chi connectivity index (χ1) is 10.8. The minimum atomic E-state index is -0.179. The second kappa shape index (κ2) is 4.99. The highest BCUT2D eigenvalue weighted by molar-refractivity contribution is 6.46. The van der Waals surface area contributed by atoms with Crippen molar-refractivity contribution in [1.29, 1.82) is 0 Å². The fraction of sp³-hybridized carbons (Fsp3) is 0. The lowest BCUT2D eigenvalue weighted by atomic mass is 9.81. The monoisotopic (exact) mass is 284 g/mol. The largest absolute Gasteiger partial charge is 0.206 e. The summed E-state index contributed by atoms with van der Waals surface area (Å²) in [5, 5.41) is 4.56. The minimum Gasteiger partial charge on any atom is -0.206 e. The number of fused-ring (bicyclic) bond motifs is 2. The van der Waals surface area contributed by atoms with Crippen LogP contribution in [0.4, 0.5) is 4.39 Å². The fourth-order valence-electron chi connectivity index (χ4n) is 3.30. The minimum absolute atomic E-state index is 0.179. The zero-order valence-electron chi connectivity index (χ0n) is 12.3. The Morgan fingerprint density at radius 2 is 1.05 bits per heavy atom. The Hall–Kier alpha value is -2.61. The van der Waals surface area contributed by atoms with Crippen LogP contribution in [0.1, 0.15) is 0 Å². The second-order valence-corrected chi connectivity index (χ2v) is 5.57. The van der Waals surface area contributed by atoms with E-state index in [-0.39, 0.29) is 5.82 Å².